The third-order valence-electron chi connectivity index (χ3n) is 2.84. The molecule has 118 valence electrons. The lowest BCUT2D eigenvalue weighted by atomic mass is 10.1. The van der Waals surface area contributed by atoms with Crippen molar-refractivity contribution in [1.29, 1.82) is 0 Å². The van der Waals surface area contributed by atoms with Gasteiger partial charge in [-0.2, -0.15) is 5.10 Å². The van der Waals surface area contributed by atoms with Crippen molar-refractivity contribution in [2.24, 2.45) is 0 Å². The van der Waals surface area contributed by atoms with Crippen LogP contribution in [0.25, 0.3) is 5.69 Å². The van der Waals surface area contributed by atoms with Crippen molar-refractivity contribution < 1.29 is 9.53 Å². The molecule has 2 aromatic rings. The number of amides is 1. The van der Waals surface area contributed by atoms with Crippen LogP contribution in [0.2, 0.25) is 10.0 Å². The van der Waals surface area contributed by atoms with Crippen molar-refractivity contribution in [2.45, 2.75) is 26.3 Å². The zero-order chi connectivity index (χ0) is 16.5. The molecule has 0 bridgehead atoms. The predicted octanol–water partition coefficient (Wildman–Crippen LogP) is 3.72. The molecule has 2 rings (SSSR count). The minimum absolute atomic E-state index is 0.133. The molecule has 0 aliphatic rings. The minimum Gasteiger partial charge on any atom is -0.495 e. The molecule has 0 fully saturated rings. The smallest absolute Gasteiger partial charge is 0.255 e. The maximum atomic E-state index is 12.6. The van der Waals surface area contributed by atoms with Crippen molar-refractivity contribution in [1.82, 2.24) is 15.1 Å². The number of nitrogens with one attached hydrogen (secondary N) is 1. The Morgan fingerprint density at radius 1 is 1.32 bits per heavy atom. The van der Waals surface area contributed by atoms with Gasteiger partial charge in [-0.15, -0.1) is 0 Å². The number of carbonyl (C=O) groups excluding carboxylic acids is 1. The van der Waals surface area contributed by atoms with Crippen LogP contribution in [0.4, 0.5) is 0 Å². The van der Waals surface area contributed by atoms with E-state index in [1.165, 1.54) is 7.11 Å². The predicted molar refractivity (Wildman–Crippen MR) is 87.4 cm³/mol. The average Bonchev–Trinajstić information content (AvgIpc) is 2.93. The molecule has 0 saturated carbocycles. The highest BCUT2D eigenvalue weighted by Crippen LogP contribution is 2.38. The molecule has 22 heavy (non-hydrogen) atoms. The summed E-state index contributed by atoms with van der Waals surface area (Å²) in [6, 6.07) is 3.39. The number of benzene rings is 1. The second-order valence-electron chi connectivity index (χ2n) is 5.76. The first-order valence-electron chi connectivity index (χ1n) is 6.63. The number of halogens is 2. The molecule has 5 nitrogen and oxygen atoms in total. The van der Waals surface area contributed by atoms with Gasteiger partial charge in [0.05, 0.1) is 23.4 Å². The van der Waals surface area contributed by atoms with Crippen molar-refractivity contribution in [3.8, 4) is 11.4 Å². The van der Waals surface area contributed by atoms with E-state index in [0.717, 1.165) is 0 Å². The van der Waals surface area contributed by atoms with Crippen molar-refractivity contribution in [3.63, 3.8) is 0 Å². The van der Waals surface area contributed by atoms with Gasteiger partial charge in [0.15, 0.2) is 0 Å². The van der Waals surface area contributed by atoms with Crippen LogP contribution < -0.4 is 10.1 Å². The summed E-state index contributed by atoms with van der Waals surface area (Å²) in [6.07, 6.45) is 3.33. The Balaban J connectivity index is 2.65. The Morgan fingerprint density at radius 3 is 2.50 bits per heavy atom. The summed E-state index contributed by atoms with van der Waals surface area (Å²) in [7, 11) is 1.49. The number of hydrogen-bond acceptors (Lipinski definition) is 3. The van der Waals surface area contributed by atoms with Crippen LogP contribution in [0.15, 0.2) is 24.5 Å². The standard InChI is InChI=1S/C15H17Cl2N3O2/c1-15(2,3)19-14(21)11-9(20-7-5-6-18-20)8-10(22-4)12(16)13(11)17/h5-8H,1-4H3,(H,19,21). The molecule has 0 unspecified atom stereocenters. The van der Waals surface area contributed by atoms with Crippen LogP contribution in [-0.4, -0.2) is 28.3 Å². The van der Waals surface area contributed by atoms with Crippen molar-refractivity contribution in [2.75, 3.05) is 7.11 Å². The van der Waals surface area contributed by atoms with Crippen LogP contribution in [0.3, 0.4) is 0 Å². The fourth-order valence-corrected chi connectivity index (χ4v) is 2.45. The second-order valence-corrected chi connectivity index (χ2v) is 6.51. The van der Waals surface area contributed by atoms with Gasteiger partial charge in [-0.3, -0.25) is 4.79 Å². The van der Waals surface area contributed by atoms with Gasteiger partial charge in [0.1, 0.15) is 10.8 Å². The van der Waals surface area contributed by atoms with Gasteiger partial charge < -0.3 is 10.1 Å². The van der Waals surface area contributed by atoms with Gasteiger partial charge in [-0.1, -0.05) is 23.2 Å². The lowest BCUT2D eigenvalue weighted by Crippen LogP contribution is -2.41. The van der Waals surface area contributed by atoms with Gasteiger partial charge in [0.2, 0.25) is 0 Å². The Morgan fingerprint density at radius 2 is 2.00 bits per heavy atom. The van der Waals surface area contributed by atoms with E-state index in [-0.39, 0.29) is 21.5 Å². The molecular formula is C15H17Cl2N3O2. The van der Waals surface area contributed by atoms with Crippen LogP contribution in [0.1, 0.15) is 31.1 Å². The van der Waals surface area contributed by atoms with E-state index in [9.17, 15) is 4.79 Å². The first-order valence-corrected chi connectivity index (χ1v) is 7.38. The third kappa shape index (κ3) is 3.36. The average molecular weight is 342 g/mol. The SMILES string of the molecule is COc1cc(-n2cccn2)c(C(=O)NC(C)(C)C)c(Cl)c1Cl. The zero-order valence-electron chi connectivity index (χ0n) is 12.8. The molecule has 0 saturated heterocycles. The second kappa shape index (κ2) is 6.18. The third-order valence-corrected chi connectivity index (χ3v) is 3.69. The highest BCUT2D eigenvalue weighted by atomic mass is 35.5. The van der Waals surface area contributed by atoms with E-state index in [1.807, 2.05) is 20.8 Å². The number of ether oxygens (including phenoxy) is 1. The molecule has 7 heteroatoms. The largest absolute Gasteiger partial charge is 0.495 e. The van der Waals surface area contributed by atoms with E-state index < -0.39 is 5.54 Å². The summed E-state index contributed by atoms with van der Waals surface area (Å²) in [5, 5.41) is 7.36. The molecule has 0 aliphatic heterocycles. The number of rotatable bonds is 3. The molecule has 1 heterocycles. The van der Waals surface area contributed by atoms with Crippen molar-refractivity contribution >= 4 is 29.1 Å². The summed E-state index contributed by atoms with van der Waals surface area (Å²) in [4.78, 5) is 12.6. The monoisotopic (exact) mass is 341 g/mol. The molecule has 0 spiro atoms. The number of nitrogens with zero attached hydrogens (tertiary/aromatic N) is 2. The molecule has 0 atom stereocenters. The summed E-state index contributed by atoms with van der Waals surface area (Å²) >= 11 is 12.5. The van der Waals surface area contributed by atoms with Gasteiger partial charge in [-0.05, 0) is 26.8 Å². The molecular weight excluding hydrogens is 325 g/mol. The van der Waals surface area contributed by atoms with Crippen LogP contribution in [0, 0.1) is 0 Å². The number of methoxy groups -OCH3 is 1. The first-order chi connectivity index (χ1) is 10.2. The fraction of sp³-hybridized carbons (Fsp3) is 0.333. The van der Waals surface area contributed by atoms with E-state index in [4.69, 9.17) is 27.9 Å². The summed E-state index contributed by atoms with van der Waals surface area (Å²) in [6.45, 7) is 5.66. The van der Waals surface area contributed by atoms with Gasteiger partial charge in [-0.25, -0.2) is 4.68 Å². The normalized spacial score (nSPS) is 11.4. The van der Waals surface area contributed by atoms with E-state index >= 15 is 0 Å². The van der Waals surface area contributed by atoms with Crippen LogP contribution in [0.5, 0.6) is 5.75 Å². The molecule has 1 aromatic heterocycles. The lowest BCUT2D eigenvalue weighted by molar-refractivity contribution is 0.0919. The van der Waals surface area contributed by atoms with Gasteiger partial charge in [0, 0.05) is 24.0 Å². The molecule has 0 radical (unpaired) electrons. The van der Waals surface area contributed by atoms with E-state index in [0.29, 0.717) is 11.4 Å². The Hall–Kier alpha value is -1.72. The van der Waals surface area contributed by atoms with Crippen molar-refractivity contribution in [3.05, 3.63) is 40.1 Å². The topological polar surface area (TPSA) is 56.2 Å². The maximum Gasteiger partial charge on any atom is 0.255 e. The summed E-state index contributed by atoms with van der Waals surface area (Å²) in [5.41, 5.74) is 0.345. The molecule has 1 amide bonds. The lowest BCUT2D eigenvalue weighted by Gasteiger charge is -2.22. The molecule has 0 aliphatic carbocycles. The Labute approximate surface area is 139 Å². The number of carbonyl (C=O) groups is 1. The molecule has 1 N–H and O–H groups in total. The van der Waals surface area contributed by atoms with Crippen LogP contribution in [-0.2, 0) is 0 Å². The fourth-order valence-electron chi connectivity index (χ4n) is 1.95. The first kappa shape index (κ1) is 16.6. The Kier molecular flexibility index (Phi) is 4.68. The highest BCUT2D eigenvalue weighted by Gasteiger charge is 2.25. The maximum absolute atomic E-state index is 12.6. The number of aromatic nitrogens is 2. The zero-order valence-corrected chi connectivity index (χ0v) is 14.3. The van der Waals surface area contributed by atoms with E-state index in [2.05, 4.69) is 10.4 Å². The highest BCUT2D eigenvalue weighted by molar-refractivity contribution is 6.45. The Bertz CT molecular complexity index is 692. The van der Waals surface area contributed by atoms with E-state index in [1.54, 1.807) is 29.2 Å². The quantitative estimate of drug-likeness (QED) is 0.925. The van der Waals surface area contributed by atoms with Gasteiger partial charge in [0.25, 0.3) is 5.91 Å². The molecule has 1 aromatic carbocycles. The summed E-state index contributed by atoms with van der Waals surface area (Å²) in [5.74, 6) is 0.0528. The summed E-state index contributed by atoms with van der Waals surface area (Å²) < 4.78 is 6.75. The minimum atomic E-state index is -0.409. The van der Waals surface area contributed by atoms with Gasteiger partial charge >= 0.3 is 0 Å². The van der Waals surface area contributed by atoms with Crippen LogP contribution >= 0.6 is 23.2 Å². The number of hydrogen-bond donors (Lipinski definition) is 1.